The number of phenolic OH excluding ortho intramolecular Hbond substituents is 1. The summed E-state index contributed by atoms with van der Waals surface area (Å²) in [5.41, 5.74) is 3.11. The molecule has 1 saturated heterocycles. The quantitative estimate of drug-likeness (QED) is 0.352. The van der Waals surface area contributed by atoms with Gasteiger partial charge in [-0.1, -0.05) is 29.3 Å². The molecular weight excluding hydrogens is 506 g/mol. The first-order chi connectivity index (χ1) is 18.2. The number of Topliss-reactive ketones (excluding diaryl/α,β-unsaturated/α-hetero) is 1. The second-order valence-electron chi connectivity index (χ2n) is 10.1. The third kappa shape index (κ3) is 3.49. The maximum absolute atomic E-state index is 13.8. The number of fused-ring (bicyclic) bond motifs is 3. The van der Waals surface area contributed by atoms with Crippen LogP contribution in [0.2, 0.25) is 5.02 Å². The summed E-state index contributed by atoms with van der Waals surface area (Å²) in [6.07, 6.45) is 3.86. The van der Waals surface area contributed by atoms with Crippen molar-refractivity contribution >= 4 is 40.7 Å². The molecule has 0 radical (unpaired) electrons. The number of ketones is 2. The van der Waals surface area contributed by atoms with E-state index in [0.29, 0.717) is 39.4 Å². The highest BCUT2D eigenvalue weighted by Gasteiger charge is 2.56. The van der Waals surface area contributed by atoms with Gasteiger partial charge in [0.25, 0.3) is 0 Å². The molecule has 8 heteroatoms. The maximum Gasteiger partial charge on any atom is 0.238 e. The number of halogens is 1. The van der Waals surface area contributed by atoms with E-state index >= 15 is 0 Å². The fourth-order valence-electron chi connectivity index (χ4n) is 6.46. The predicted molar refractivity (Wildman–Crippen MR) is 140 cm³/mol. The number of rotatable bonds is 3. The lowest BCUT2D eigenvalue weighted by molar-refractivity contribution is -0.123. The minimum absolute atomic E-state index is 0.0483. The fraction of sp³-hybridized carbons (Fsp3) is 0.267. The number of anilines is 1. The van der Waals surface area contributed by atoms with Gasteiger partial charge < -0.3 is 9.84 Å². The van der Waals surface area contributed by atoms with Crippen LogP contribution in [0.15, 0.2) is 76.9 Å². The number of ether oxygens (including phenoxy) is 1. The lowest BCUT2D eigenvalue weighted by Gasteiger charge is -2.42. The molecule has 192 valence electrons. The molecule has 6 rings (SSSR count). The van der Waals surface area contributed by atoms with Gasteiger partial charge in [0, 0.05) is 27.7 Å². The van der Waals surface area contributed by atoms with Crippen molar-refractivity contribution < 1.29 is 29.0 Å². The van der Waals surface area contributed by atoms with Crippen molar-refractivity contribution in [1.82, 2.24) is 0 Å². The Morgan fingerprint density at radius 2 is 1.74 bits per heavy atom. The van der Waals surface area contributed by atoms with Crippen LogP contribution in [0.25, 0.3) is 0 Å². The molecule has 38 heavy (non-hydrogen) atoms. The Bertz CT molecular complexity index is 1530. The van der Waals surface area contributed by atoms with Crippen LogP contribution in [-0.2, 0) is 19.2 Å². The Labute approximate surface area is 224 Å². The fourth-order valence-corrected chi connectivity index (χ4v) is 6.59. The zero-order valence-electron chi connectivity index (χ0n) is 20.7. The van der Waals surface area contributed by atoms with Crippen LogP contribution in [-0.4, -0.2) is 35.6 Å². The summed E-state index contributed by atoms with van der Waals surface area (Å²) in [7, 11) is 1.44. The molecule has 1 fully saturated rings. The molecule has 2 aromatic carbocycles. The van der Waals surface area contributed by atoms with Gasteiger partial charge in [0.05, 0.1) is 24.6 Å². The second kappa shape index (κ2) is 8.81. The largest absolute Gasteiger partial charge is 0.504 e. The van der Waals surface area contributed by atoms with Crippen molar-refractivity contribution in [3.8, 4) is 11.5 Å². The standard InChI is InChI=1S/C30H24ClNO6/c1-14-11-23(34)21-13-20-18(25(27(21)28(14)35)15-3-10-22(33)24(12-15)38-2)8-9-19-26(20)30(37)32(29(19)36)17-6-4-16(31)5-7-17/h3-8,10-12,19-20,25-26,33H,9,13H2,1-2H3/t19-,20+,25-,26-/m0/s1. The van der Waals surface area contributed by atoms with Crippen molar-refractivity contribution in [1.29, 1.82) is 0 Å². The highest BCUT2D eigenvalue weighted by atomic mass is 35.5. The SMILES string of the molecule is COc1cc([C@H]2C3=CC[C@@H]4C(=O)N(c5ccc(Cl)cc5)C(=O)[C@@H]4[C@@H]3CC3=C2C(=O)C(C)=CC3=O)ccc1O. The summed E-state index contributed by atoms with van der Waals surface area (Å²) in [6, 6.07) is 11.4. The number of nitrogens with zero attached hydrogens (tertiary/aromatic N) is 1. The van der Waals surface area contributed by atoms with Gasteiger partial charge in [0.1, 0.15) is 0 Å². The second-order valence-corrected chi connectivity index (χ2v) is 10.6. The first kappa shape index (κ1) is 24.4. The molecule has 4 atom stereocenters. The lowest BCUT2D eigenvalue weighted by Crippen LogP contribution is -2.39. The number of aromatic hydroxyl groups is 1. The summed E-state index contributed by atoms with van der Waals surface area (Å²) >= 11 is 6.02. The van der Waals surface area contributed by atoms with Crippen molar-refractivity contribution in [2.75, 3.05) is 12.0 Å². The van der Waals surface area contributed by atoms with Gasteiger partial charge in [-0.05, 0) is 73.7 Å². The van der Waals surface area contributed by atoms with Crippen LogP contribution >= 0.6 is 11.6 Å². The minimum atomic E-state index is -0.663. The van der Waals surface area contributed by atoms with E-state index in [2.05, 4.69) is 0 Å². The minimum Gasteiger partial charge on any atom is -0.504 e. The molecule has 3 aliphatic carbocycles. The van der Waals surface area contributed by atoms with Crippen molar-refractivity contribution in [3.05, 3.63) is 87.5 Å². The highest BCUT2D eigenvalue weighted by Crippen LogP contribution is 2.55. The van der Waals surface area contributed by atoms with Crippen molar-refractivity contribution in [2.45, 2.75) is 25.7 Å². The van der Waals surface area contributed by atoms with Gasteiger partial charge in [0.2, 0.25) is 11.8 Å². The van der Waals surface area contributed by atoms with Crippen LogP contribution in [0, 0.1) is 17.8 Å². The Hall–Kier alpha value is -3.97. The Morgan fingerprint density at radius 1 is 1.00 bits per heavy atom. The zero-order valence-corrected chi connectivity index (χ0v) is 21.5. The molecule has 0 saturated carbocycles. The third-order valence-electron chi connectivity index (χ3n) is 8.19. The predicted octanol–water partition coefficient (Wildman–Crippen LogP) is 4.69. The topological polar surface area (TPSA) is 101 Å². The summed E-state index contributed by atoms with van der Waals surface area (Å²) < 4.78 is 5.33. The monoisotopic (exact) mass is 529 g/mol. The van der Waals surface area contributed by atoms with Crippen molar-refractivity contribution in [3.63, 3.8) is 0 Å². The molecule has 1 N–H and O–H groups in total. The third-order valence-corrected chi connectivity index (χ3v) is 8.44. The van der Waals surface area contributed by atoms with Crippen LogP contribution in [0.5, 0.6) is 11.5 Å². The average Bonchev–Trinajstić information content (AvgIpc) is 3.17. The van der Waals surface area contributed by atoms with Crippen molar-refractivity contribution in [2.24, 2.45) is 17.8 Å². The van der Waals surface area contributed by atoms with E-state index < -0.39 is 23.7 Å². The van der Waals surface area contributed by atoms with Gasteiger partial charge in [0.15, 0.2) is 23.1 Å². The summed E-state index contributed by atoms with van der Waals surface area (Å²) in [5, 5.41) is 10.7. The van der Waals surface area contributed by atoms with Gasteiger partial charge in [-0.3, -0.25) is 24.1 Å². The first-order valence-electron chi connectivity index (χ1n) is 12.4. The molecule has 0 spiro atoms. The summed E-state index contributed by atoms with van der Waals surface area (Å²) in [6.45, 7) is 1.62. The lowest BCUT2D eigenvalue weighted by atomic mass is 9.59. The van der Waals surface area contributed by atoms with Crippen LogP contribution in [0.1, 0.15) is 31.2 Å². The molecule has 1 heterocycles. The van der Waals surface area contributed by atoms with Crippen LogP contribution in [0.3, 0.4) is 0 Å². The molecule has 1 aliphatic heterocycles. The van der Waals surface area contributed by atoms with E-state index in [1.807, 2.05) is 6.08 Å². The van der Waals surface area contributed by atoms with Gasteiger partial charge in [-0.2, -0.15) is 0 Å². The van der Waals surface area contributed by atoms with E-state index in [0.717, 1.165) is 5.57 Å². The molecular formula is C30H24ClNO6. The molecule has 2 aromatic rings. The van der Waals surface area contributed by atoms with Crippen LogP contribution in [0.4, 0.5) is 5.69 Å². The number of carbonyl (C=O) groups excluding carboxylic acids is 4. The van der Waals surface area contributed by atoms with Gasteiger partial charge >= 0.3 is 0 Å². The molecule has 0 aromatic heterocycles. The van der Waals surface area contributed by atoms with E-state index in [9.17, 15) is 24.3 Å². The molecule has 2 amide bonds. The molecule has 0 bridgehead atoms. The smallest absolute Gasteiger partial charge is 0.238 e. The highest BCUT2D eigenvalue weighted by molar-refractivity contribution is 6.31. The Kier molecular flexibility index (Phi) is 5.65. The number of allylic oxidation sites excluding steroid dienone is 6. The first-order valence-corrected chi connectivity index (χ1v) is 12.8. The van der Waals surface area contributed by atoms with Gasteiger partial charge in [-0.25, -0.2) is 0 Å². The summed E-state index contributed by atoms with van der Waals surface area (Å²) in [5.74, 6) is -3.13. The van der Waals surface area contributed by atoms with E-state index in [-0.39, 0.29) is 41.3 Å². The number of amides is 2. The zero-order chi connectivity index (χ0) is 26.9. The molecule has 0 unspecified atom stereocenters. The van der Waals surface area contributed by atoms with Gasteiger partial charge in [-0.15, -0.1) is 0 Å². The van der Waals surface area contributed by atoms with E-state index in [4.69, 9.17) is 16.3 Å². The Morgan fingerprint density at radius 3 is 2.45 bits per heavy atom. The number of hydrogen-bond donors (Lipinski definition) is 1. The number of imide groups is 1. The Balaban J connectivity index is 1.49. The van der Waals surface area contributed by atoms with E-state index in [1.54, 1.807) is 43.3 Å². The average molecular weight is 530 g/mol. The number of benzene rings is 2. The number of phenols is 1. The summed E-state index contributed by atoms with van der Waals surface area (Å²) in [4.78, 5) is 55.2. The van der Waals surface area contributed by atoms with E-state index in [1.165, 1.54) is 24.2 Å². The normalized spacial score (nSPS) is 26.6. The molecule has 4 aliphatic rings. The number of methoxy groups -OCH3 is 1. The number of hydrogen-bond acceptors (Lipinski definition) is 6. The maximum atomic E-state index is 13.8. The van der Waals surface area contributed by atoms with Crippen LogP contribution < -0.4 is 9.64 Å². The molecule has 7 nitrogen and oxygen atoms in total. The number of carbonyl (C=O) groups is 4.